The SMILES string of the molecule is CCN(CC)CCN1C(=O)c2oc3ccccc3c(=O)c2[C@H]1c1ccc(Br)cc1. The number of nitrogens with zero attached hydrogens (tertiary/aromatic N) is 2. The fourth-order valence-corrected chi connectivity index (χ4v) is 4.24. The highest BCUT2D eigenvalue weighted by atomic mass is 79.9. The molecule has 0 bridgehead atoms. The first kappa shape index (κ1) is 19.9. The molecule has 1 amide bonds. The normalized spacial score (nSPS) is 16.1. The molecule has 6 heteroatoms. The molecule has 0 saturated heterocycles. The van der Waals surface area contributed by atoms with Crippen molar-refractivity contribution in [3.05, 3.63) is 80.1 Å². The monoisotopic (exact) mass is 454 g/mol. The molecule has 150 valence electrons. The van der Waals surface area contributed by atoms with Crippen LogP contribution in [0.3, 0.4) is 0 Å². The Hall–Kier alpha value is -2.44. The van der Waals surface area contributed by atoms with E-state index in [0.29, 0.717) is 23.1 Å². The Bertz CT molecular complexity index is 1100. The summed E-state index contributed by atoms with van der Waals surface area (Å²) in [6.45, 7) is 7.31. The number of benzene rings is 2. The lowest BCUT2D eigenvalue weighted by Crippen LogP contribution is -2.37. The van der Waals surface area contributed by atoms with E-state index in [-0.39, 0.29) is 17.1 Å². The molecule has 5 nitrogen and oxygen atoms in total. The fraction of sp³-hybridized carbons (Fsp3) is 0.304. The van der Waals surface area contributed by atoms with Crippen LogP contribution in [-0.2, 0) is 0 Å². The summed E-state index contributed by atoms with van der Waals surface area (Å²) in [7, 11) is 0. The second kappa shape index (κ2) is 8.13. The van der Waals surface area contributed by atoms with Gasteiger partial charge in [-0.2, -0.15) is 0 Å². The van der Waals surface area contributed by atoms with Crippen molar-refractivity contribution in [2.75, 3.05) is 26.2 Å². The summed E-state index contributed by atoms with van der Waals surface area (Å²) in [5.41, 5.74) is 1.66. The van der Waals surface area contributed by atoms with E-state index in [2.05, 4.69) is 34.7 Å². The molecule has 1 aliphatic rings. The van der Waals surface area contributed by atoms with Gasteiger partial charge in [0.15, 0.2) is 5.43 Å². The van der Waals surface area contributed by atoms with E-state index in [9.17, 15) is 9.59 Å². The molecule has 4 rings (SSSR count). The number of fused-ring (bicyclic) bond motifs is 2. The van der Waals surface area contributed by atoms with Crippen molar-refractivity contribution in [3.63, 3.8) is 0 Å². The number of likely N-dealkylation sites (N-methyl/N-ethyl adjacent to an activating group) is 1. The Morgan fingerprint density at radius 1 is 1.03 bits per heavy atom. The number of para-hydroxylation sites is 1. The molecule has 1 atom stereocenters. The van der Waals surface area contributed by atoms with Crippen molar-refractivity contribution in [3.8, 4) is 0 Å². The number of carbonyl (C=O) groups is 1. The summed E-state index contributed by atoms with van der Waals surface area (Å²) in [5, 5.41) is 0.506. The second-order valence-electron chi connectivity index (χ2n) is 7.15. The molecule has 0 radical (unpaired) electrons. The van der Waals surface area contributed by atoms with E-state index in [1.165, 1.54) is 0 Å². The van der Waals surface area contributed by atoms with Gasteiger partial charge in [-0.05, 0) is 42.9 Å². The third kappa shape index (κ3) is 3.51. The molecule has 0 unspecified atom stereocenters. The number of halogens is 1. The zero-order valence-corrected chi connectivity index (χ0v) is 18.1. The molecule has 0 fully saturated rings. The van der Waals surface area contributed by atoms with Crippen LogP contribution in [0.2, 0.25) is 0 Å². The van der Waals surface area contributed by atoms with Crippen molar-refractivity contribution in [1.82, 2.24) is 9.80 Å². The van der Waals surface area contributed by atoms with Gasteiger partial charge in [-0.3, -0.25) is 9.59 Å². The van der Waals surface area contributed by atoms with Crippen LogP contribution in [0.25, 0.3) is 11.0 Å². The van der Waals surface area contributed by atoms with Crippen LogP contribution in [0.5, 0.6) is 0 Å². The Labute approximate surface area is 178 Å². The largest absolute Gasteiger partial charge is 0.450 e. The third-order valence-electron chi connectivity index (χ3n) is 5.61. The average molecular weight is 455 g/mol. The summed E-state index contributed by atoms with van der Waals surface area (Å²) in [6, 6.07) is 14.4. The van der Waals surface area contributed by atoms with Crippen molar-refractivity contribution in [2.45, 2.75) is 19.9 Å². The summed E-state index contributed by atoms with van der Waals surface area (Å²) >= 11 is 3.46. The number of amides is 1. The van der Waals surface area contributed by atoms with E-state index in [1.807, 2.05) is 30.3 Å². The highest BCUT2D eigenvalue weighted by molar-refractivity contribution is 9.10. The maximum absolute atomic E-state index is 13.4. The van der Waals surface area contributed by atoms with Gasteiger partial charge in [0, 0.05) is 17.6 Å². The number of hydrogen-bond acceptors (Lipinski definition) is 4. The maximum Gasteiger partial charge on any atom is 0.290 e. The van der Waals surface area contributed by atoms with Crippen molar-refractivity contribution in [2.24, 2.45) is 0 Å². The molecule has 1 aromatic heterocycles. The molecule has 0 saturated carbocycles. The van der Waals surface area contributed by atoms with Crippen molar-refractivity contribution >= 4 is 32.8 Å². The second-order valence-corrected chi connectivity index (χ2v) is 8.07. The minimum atomic E-state index is -0.443. The molecule has 3 aromatic rings. The molecule has 0 aliphatic carbocycles. The Morgan fingerprint density at radius 2 is 1.72 bits per heavy atom. The summed E-state index contributed by atoms with van der Waals surface area (Å²) in [4.78, 5) is 30.7. The van der Waals surface area contributed by atoms with Gasteiger partial charge in [0.05, 0.1) is 17.0 Å². The molecule has 0 N–H and O–H groups in total. The van der Waals surface area contributed by atoms with Crippen LogP contribution in [0.4, 0.5) is 0 Å². The molecule has 2 aromatic carbocycles. The van der Waals surface area contributed by atoms with Crippen LogP contribution < -0.4 is 5.43 Å². The Balaban J connectivity index is 1.85. The molecule has 0 spiro atoms. The predicted molar refractivity (Wildman–Crippen MR) is 117 cm³/mol. The third-order valence-corrected chi connectivity index (χ3v) is 6.14. The van der Waals surface area contributed by atoms with Gasteiger partial charge in [-0.15, -0.1) is 0 Å². The van der Waals surface area contributed by atoms with Crippen molar-refractivity contribution in [1.29, 1.82) is 0 Å². The molecular formula is C23H23BrN2O3. The zero-order chi connectivity index (χ0) is 20.5. The van der Waals surface area contributed by atoms with Crippen LogP contribution in [0.15, 0.2) is 62.2 Å². The number of carbonyl (C=O) groups excluding carboxylic acids is 1. The lowest BCUT2D eigenvalue weighted by molar-refractivity contribution is 0.0708. The minimum Gasteiger partial charge on any atom is -0.450 e. The first-order chi connectivity index (χ1) is 14.0. The van der Waals surface area contributed by atoms with Gasteiger partial charge < -0.3 is 14.2 Å². The van der Waals surface area contributed by atoms with Crippen LogP contribution >= 0.6 is 15.9 Å². The van der Waals surface area contributed by atoms with Gasteiger partial charge in [0.25, 0.3) is 5.91 Å². The van der Waals surface area contributed by atoms with Gasteiger partial charge in [-0.25, -0.2) is 0 Å². The Morgan fingerprint density at radius 3 is 2.41 bits per heavy atom. The van der Waals surface area contributed by atoms with E-state index in [0.717, 1.165) is 29.7 Å². The topological polar surface area (TPSA) is 53.8 Å². The molecule has 1 aliphatic heterocycles. The van der Waals surface area contributed by atoms with E-state index >= 15 is 0 Å². The maximum atomic E-state index is 13.4. The molecule has 29 heavy (non-hydrogen) atoms. The lowest BCUT2D eigenvalue weighted by atomic mass is 9.98. The molecule has 2 heterocycles. The smallest absolute Gasteiger partial charge is 0.290 e. The summed E-state index contributed by atoms with van der Waals surface area (Å²) in [5.74, 6) is -0.0518. The summed E-state index contributed by atoms with van der Waals surface area (Å²) < 4.78 is 6.90. The van der Waals surface area contributed by atoms with Gasteiger partial charge in [0.1, 0.15) is 5.58 Å². The highest BCUT2D eigenvalue weighted by Gasteiger charge is 2.42. The van der Waals surface area contributed by atoms with Crippen LogP contribution in [0.1, 0.15) is 41.6 Å². The predicted octanol–water partition coefficient (Wildman–Crippen LogP) is 4.44. The van der Waals surface area contributed by atoms with Crippen molar-refractivity contribution < 1.29 is 9.21 Å². The van der Waals surface area contributed by atoms with E-state index < -0.39 is 6.04 Å². The van der Waals surface area contributed by atoms with Crippen LogP contribution in [-0.4, -0.2) is 41.9 Å². The van der Waals surface area contributed by atoms with Gasteiger partial charge >= 0.3 is 0 Å². The number of rotatable bonds is 6. The zero-order valence-electron chi connectivity index (χ0n) is 16.5. The standard InChI is InChI=1S/C23H23BrN2O3/c1-3-25(4-2)13-14-26-20(15-9-11-16(24)12-10-15)19-21(27)17-7-5-6-8-18(17)29-22(19)23(26)28/h5-12,20H,3-4,13-14H2,1-2H3/t20-/m1/s1. The minimum absolute atomic E-state index is 0.131. The fourth-order valence-electron chi connectivity index (χ4n) is 3.98. The lowest BCUT2D eigenvalue weighted by Gasteiger charge is -2.28. The Kier molecular flexibility index (Phi) is 5.56. The van der Waals surface area contributed by atoms with Gasteiger partial charge in [-0.1, -0.05) is 54.0 Å². The first-order valence-electron chi connectivity index (χ1n) is 9.89. The van der Waals surface area contributed by atoms with E-state index in [4.69, 9.17) is 4.42 Å². The first-order valence-corrected chi connectivity index (χ1v) is 10.7. The highest BCUT2D eigenvalue weighted by Crippen LogP contribution is 2.38. The number of hydrogen-bond donors (Lipinski definition) is 0. The quantitative estimate of drug-likeness (QED) is 0.552. The van der Waals surface area contributed by atoms with Gasteiger partial charge in [0.2, 0.25) is 5.76 Å². The van der Waals surface area contributed by atoms with E-state index in [1.54, 1.807) is 23.1 Å². The molecular weight excluding hydrogens is 432 g/mol. The average Bonchev–Trinajstić information content (AvgIpc) is 3.02. The van der Waals surface area contributed by atoms with Crippen LogP contribution in [0, 0.1) is 0 Å². The summed E-state index contributed by atoms with van der Waals surface area (Å²) in [6.07, 6.45) is 0.